The quantitative estimate of drug-likeness (QED) is 0.791. The van der Waals surface area contributed by atoms with E-state index >= 15 is 0 Å². The van der Waals surface area contributed by atoms with Crippen molar-refractivity contribution in [3.05, 3.63) is 52.3 Å². The highest BCUT2D eigenvalue weighted by molar-refractivity contribution is 9.10. The first-order chi connectivity index (χ1) is 10.7. The molecule has 0 unspecified atom stereocenters. The van der Waals surface area contributed by atoms with E-state index < -0.39 is 0 Å². The Balaban J connectivity index is 2.30. The van der Waals surface area contributed by atoms with E-state index in [2.05, 4.69) is 34.2 Å². The van der Waals surface area contributed by atoms with Crippen LogP contribution in [0.25, 0.3) is 5.69 Å². The largest absolute Gasteiger partial charge is 0.351 e. The summed E-state index contributed by atoms with van der Waals surface area (Å²) in [6, 6.07) is 11.4. The fourth-order valence-electron chi connectivity index (χ4n) is 2.26. The lowest BCUT2D eigenvalue weighted by Crippen LogP contribution is -2.27. The van der Waals surface area contributed by atoms with Crippen molar-refractivity contribution in [1.29, 1.82) is 5.26 Å². The highest BCUT2D eigenvalue weighted by Gasteiger charge is 2.18. The fourth-order valence-corrected chi connectivity index (χ4v) is 2.74. The van der Waals surface area contributed by atoms with E-state index in [1.165, 1.54) is 0 Å². The number of amides is 1. The monoisotopic (exact) mass is 359 g/mol. The Morgan fingerprint density at radius 1 is 1.32 bits per heavy atom. The molecule has 1 aromatic carbocycles. The zero-order chi connectivity index (χ0) is 15.9. The SMILES string of the molecule is CCCCCNC(=O)c1c(C#N)ccn1-c1ccccc1Br. The molecule has 0 fully saturated rings. The molecular weight excluding hydrogens is 342 g/mol. The number of benzene rings is 1. The number of hydrogen-bond acceptors (Lipinski definition) is 2. The summed E-state index contributed by atoms with van der Waals surface area (Å²) in [5, 5.41) is 12.1. The molecule has 2 aromatic rings. The van der Waals surface area contributed by atoms with Crippen LogP contribution in [0.3, 0.4) is 0 Å². The zero-order valence-electron chi connectivity index (χ0n) is 12.5. The summed E-state index contributed by atoms with van der Waals surface area (Å²) in [7, 11) is 0. The Bertz CT molecular complexity index is 700. The van der Waals surface area contributed by atoms with Crippen LogP contribution in [0.5, 0.6) is 0 Å². The van der Waals surface area contributed by atoms with Crippen molar-refractivity contribution in [2.75, 3.05) is 6.54 Å². The highest BCUT2D eigenvalue weighted by Crippen LogP contribution is 2.24. The molecule has 2 rings (SSSR count). The Hall–Kier alpha value is -2.06. The molecule has 1 amide bonds. The molecule has 5 heteroatoms. The van der Waals surface area contributed by atoms with Gasteiger partial charge in [-0.2, -0.15) is 5.26 Å². The normalized spacial score (nSPS) is 10.2. The molecule has 0 radical (unpaired) electrons. The van der Waals surface area contributed by atoms with Crippen molar-refractivity contribution in [3.8, 4) is 11.8 Å². The van der Waals surface area contributed by atoms with Gasteiger partial charge >= 0.3 is 0 Å². The van der Waals surface area contributed by atoms with Crippen LogP contribution in [-0.2, 0) is 0 Å². The second-order valence-electron chi connectivity index (χ2n) is 4.97. The van der Waals surface area contributed by atoms with Crippen LogP contribution in [0, 0.1) is 11.3 Å². The van der Waals surface area contributed by atoms with Gasteiger partial charge in [0.05, 0.1) is 11.3 Å². The number of nitrogens with one attached hydrogen (secondary N) is 1. The summed E-state index contributed by atoms with van der Waals surface area (Å²) in [4.78, 5) is 12.5. The molecule has 0 bridgehead atoms. The number of carbonyl (C=O) groups is 1. The van der Waals surface area contributed by atoms with Crippen molar-refractivity contribution in [2.24, 2.45) is 0 Å². The fraction of sp³-hybridized carbons (Fsp3) is 0.294. The summed E-state index contributed by atoms with van der Waals surface area (Å²) in [6.45, 7) is 2.74. The van der Waals surface area contributed by atoms with Crippen molar-refractivity contribution in [2.45, 2.75) is 26.2 Å². The van der Waals surface area contributed by atoms with Crippen molar-refractivity contribution in [1.82, 2.24) is 9.88 Å². The molecule has 4 nitrogen and oxygen atoms in total. The molecule has 0 aliphatic heterocycles. The minimum absolute atomic E-state index is 0.214. The second kappa shape index (κ2) is 7.81. The molecule has 1 aromatic heterocycles. The third-order valence-corrected chi connectivity index (χ3v) is 4.07. The first kappa shape index (κ1) is 16.3. The van der Waals surface area contributed by atoms with Crippen LogP contribution in [0.1, 0.15) is 42.2 Å². The maximum Gasteiger partial charge on any atom is 0.269 e. The third-order valence-electron chi connectivity index (χ3n) is 3.40. The molecule has 1 N–H and O–H groups in total. The molecule has 0 atom stereocenters. The first-order valence-electron chi connectivity index (χ1n) is 7.33. The highest BCUT2D eigenvalue weighted by atomic mass is 79.9. The van der Waals surface area contributed by atoms with E-state index in [0.717, 1.165) is 29.4 Å². The van der Waals surface area contributed by atoms with Crippen LogP contribution in [0.2, 0.25) is 0 Å². The molecule has 1 heterocycles. The van der Waals surface area contributed by atoms with Gasteiger partial charge < -0.3 is 9.88 Å². The van der Waals surface area contributed by atoms with Gasteiger partial charge in [0.1, 0.15) is 11.8 Å². The van der Waals surface area contributed by atoms with E-state index in [1.54, 1.807) is 16.8 Å². The van der Waals surface area contributed by atoms with Crippen LogP contribution in [-0.4, -0.2) is 17.0 Å². The molecule has 0 aliphatic carbocycles. The number of hydrogen-bond donors (Lipinski definition) is 1. The van der Waals surface area contributed by atoms with Gasteiger partial charge in [0.15, 0.2) is 0 Å². The van der Waals surface area contributed by atoms with Gasteiger partial charge in [-0.1, -0.05) is 31.9 Å². The number of unbranched alkanes of at least 4 members (excludes halogenated alkanes) is 2. The number of nitrogens with zero attached hydrogens (tertiary/aromatic N) is 2. The van der Waals surface area contributed by atoms with Crippen molar-refractivity contribution >= 4 is 21.8 Å². The van der Waals surface area contributed by atoms with E-state index in [9.17, 15) is 10.1 Å². The maximum absolute atomic E-state index is 12.5. The number of rotatable bonds is 6. The van der Waals surface area contributed by atoms with Crippen LogP contribution < -0.4 is 5.32 Å². The average molecular weight is 360 g/mol. The summed E-state index contributed by atoms with van der Waals surface area (Å²) >= 11 is 3.49. The lowest BCUT2D eigenvalue weighted by atomic mass is 10.2. The van der Waals surface area contributed by atoms with Crippen LogP contribution in [0.4, 0.5) is 0 Å². The lowest BCUT2D eigenvalue weighted by molar-refractivity contribution is 0.0946. The Morgan fingerprint density at radius 3 is 2.77 bits per heavy atom. The van der Waals surface area contributed by atoms with Crippen molar-refractivity contribution < 1.29 is 4.79 Å². The predicted octanol–water partition coefficient (Wildman–Crippen LogP) is 4.03. The predicted molar refractivity (Wildman–Crippen MR) is 90.0 cm³/mol. The van der Waals surface area contributed by atoms with Gasteiger partial charge in [-0.05, 0) is 40.5 Å². The van der Waals surface area contributed by atoms with Crippen LogP contribution in [0.15, 0.2) is 41.0 Å². The number of nitriles is 1. The summed E-state index contributed by atoms with van der Waals surface area (Å²) in [5.74, 6) is -0.214. The Morgan fingerprint density at radius 2 is 2.09 bits per heavy atom. The molecule has 22 heavy (non-hydrogen) atoms. The molecular formula is C17H18BrN3O. The maximum atomic E-state index is 12.5. The number of carbonyl (C=O) groups excluding carboxylic acids is 1. The van der Waals surface area contributed by atoms with E-state index in [1.807, 2.05) is 24.3 Å². The van der Waals surface area contributed by atoms with Crippen LogP contribution >= 0.6 is 15.9 Å². The van der Waals surface area contributed by atoms with Gasteiger partial charge in [0.25, 0.3) is 5.91 Å². The van der Waals surface area contributed by atoms with Gasteiger partial charge in [0, 0.05) is 17.2 Å². The molecule has 0 saturated heterocycles. The van der Waals surface area contributed by atoms with Crippen molar-refractivity contribution in [3.63, 3.8) is 0 Å². The molecule has 0 saturated carbocycles. The Labute approximate surface area is 138 Å². The minimum atomic E-state index is -0.214. The topological polar surface area (TPSA) is 57.8 Å². The van der Waals surface area contributed by atoms with E-state index in [4.69, 9.17) is 0 Å². The Kier molecular flexibility index (Phi) is 5.79. The summed E-state index contributed by atoms with van der Waals surface area (Å²) in [6.07, 6.45) is 4.88. The van der Waals surface area contributed by atoms with E-state index in [0.29, 0.717) is 17.8 Å². The number of para-hydroxylation sites is 1. The zero-order valence-corrected chi connectivity index (χ0v) is 14.1. The molecule has 0 spiro atoms. The van der Waals surface area contributed by atoms with Gasteiger partial charge in [-0.3, -0.25) is 4.79 Å². The van der Waals surface area contributed by atoms with Gasteiger partial charge in [-0.15, -0.1) is 0 Å². The van der Waals surface area contributed by atoms with E-state index in [-0.39, 0.29) is 5.91 Å². The standard InChI is InChI=1S/C17H18BrN3O/c1-2-3-6-10-20-17(22)16-13(12-19)9-11-21(16)15-8-5-4-7-14(15)18/h4-5,7-9,11H,2-3,6,10H2,1H3,(H,20,22). The molecule has 114 valence electrons. The summed E-state index contributed by atoms with van der Waals surface area (Å²) in [5.41, 5.74) is 1.59. The number of halogens is 1. The summed E-state index contributed by atoms with van der Waals surface area (Å²) < 4.78 is 2.62. The smallest absolute Gasteiger partial charge is 0.269 e. The number of aromatic nitrogens is 1. The average Bonchev–Trinajstić information content (AvgIpc) is 2.95. The van der Waals surface area contributed by atoms with Gasteiger partial charge in [-0.25, -0.2) is 0 Å². The minimum Gasteiger partial charge on any atom is -0.351 e. The lowest BCUT2D eigenvalue weighted by Gasteiger charge is -2.12. The van der Waals surface area contributed by atoms with Gasteiger partial charge in [0.2, 0.25) is 0 Å². The molecule has 0 aliphatic rings. The first-order valence-corrected chi connectivity index (χ1v) is 8.13. The third kappa shape index (κ3) is 3.58. The second-order valence-corrected chi connectivity index (χ2v) is 5.83.